The van der Waals surface area contributed by atoms with Crippen molar-refractivity contribution in [2.75, 3.05) is 0 Å². The number of aromatic nitrogens is 2. The molecule has 0 bridgehead atoms. The number of nitrogens with zero attached hydrogens (tertiary/aromatic N) is 2. The van der Waals surface area contributed by atoms with Crippen LogP contribution in [0.3, 0.4) is 0 Å². The second-order valence-corrected chi connectivity index (χ2v) is 5.91. The first-order valence-corrected chi connectivity index (χ1v) is 8.10. The van der Waals surface area contributed by atoms with Crippen LogP contribution < -0.4 is 10.3 Å². The lowest BCUT2D eigenvalue weighted by Crippen LogP contribution is -2.37. The summed E-state index contributed by atoms with van der Waals surface area (Å²) >= 11 is 0. The summed E-state index contributed by atoms with van der Waals surface area (Å²) in [6.45, 7) is 0. The van der Waals surface area contributed by atoms with Crippen LogP contribution in [0.4, 0.5) is 0 Å². The predicted molar refractivity (Wildman–Crippen MR) is 97.8 cm³/mol. The Kier molecular flexibility index (Phi) is 3.78. The van der Waals surface area contributed by atoms with Crippen LogP contribution in [-0.2, 0) is 6.42 Å². The van der Waals surface area contributed by atoms with E-state index in [0.29, 0.717) is 17.6 Å². The van der Waals surface area contributed by atoms with Gasteiger partial charge in [-0.05, 0) is 29.1 Å². The number of hydrogen-bond donors (Lipinski definition) is 0. The van der Waals surface area contributed by atoms with Crippen molar-refractivity contribution in [2.24, 2.45) is 0 Å². The number of hydrogen-bond acceptors (Lipinski definition) is 2. The fourth-order valence-electron chi connectivity index (χ4n) is 3.09. The largest absolute Gasteiger partial charge is 0.711 e. The molecule has 0 aliphatic rings. The van der Waals surface area contributed by atoms with E-state index in [1.807, 2.05) is 54.6 Å². The van der Waals surface area contributed by atoms with Gasteiger partial charge in [-0.3, -0.25) is 0 Å². The number of benzene rings is 2. The minimum Gasteiger partial charge on any atom is -0.711 e. The maximum atomic E-state index is 13.1. The monoisotopic (exact) mass is 328 g/mol. The molecule has 2 heterocycles. The highest BCUT2D eigenvalue weighted by molar-refractivity contribution is 5.82. The van der Waals surface area contributed by atoms with Gasteiger partial charge in [0.05, 0.1) is 11.6 Å². The highest BCUT2D eigenvalue weighted by Gasteiger charge is 2.19. The molecule has 0 amide bonds. The lowest BCUT2D eigenvalue weighted by Gasteiger charge is -2.12. The summed E-state index contributed by atoms with van der Waals surface area (Å²) in [5, 5.41) is 13.7. The van der Waals surface area contributed by atoms with Crippen LogP contribution in [0.2, 0.25) is 0 Å². The van der Waals surface area contributed by atoms with E-state index in [2.05, 4.69) is 0 Å². The summed E-state index contributed by atoms with van der Waals surface area (Å²) in [6.07, 6.45) is 1.97. The minimum absolute atomic E-state index is 0.181. The van der Waals surface area contributed by atoms with E-state index in [1.165, 1.54) is 10.8 Å². The van der Waals surface area contributed by atoms with Gasteiger partial charge in [0, 0.05) is 12.5 Å². The Labute approximate surface area is 144 Å². The van der Waals surface area contributed by atoms with E-state index < -0.39 is 0 Å². The Morgan fingerprint density at radius 2 is 1.60 bits per heavy atom. The summed E-state index contributed by atoms with van der Waals surface area (Å²) in [4.78, 5) is 13.1. The first kappa shape index (κ1) is 15.1. The molecule has 2 aromatic heterocycles. The van der Waals surface area contributed by atoms with Crippen molar-refractivity contribution in [3.8, 4) is 5.82 Å². The van der Waals surface area contributed by atoms with E-state index in [1.54, 1.807) is 24.3 Å². The van der Waals surface area contributed by atoms with Gasteiger partial charge in [0.15, 0.2) is 0 Å². The Morgan fingerprint density at radius 1 is 0.880 bits per heavy atom. The van der Waals surface area contributed by atoms with Gasteiger partial charge in [0.1, 0.15) is 5.69 Å². The van der Waals surface area contributed by atoms with E-state index in [9.17, 15) is 10.0 Å². The molecule has 0 aliphatic heterocycles. The third-order valence-corrected chi connectivity index (χ3v) is 4.26. The molecule has 0 unspecified atom stereocenters. The van der Waals surface area contributed by atoms with Crippen molar-refractivity contribution in [2.45, 2.75) is 6.42 Å². The molecule has 4 nitrogen and oxygen atoms in total. The molecule has 2 aromatic carbocycles. The second-order valence-electron chi connectivity index (χ2n) is 5.91. The second kappa shape index (κ2) is 6.24. The number of pyridine rings is 2. The van der Waals surface area contributed by atoms with Crippen LogP contribution in [-0.4, -0.2) is 4.57 Å². The van der Waals surface area contributed by atoms with Gasteiger partial charge >= 0.3 is 5.56 Å². The van der Waals surface area contributed by atoms with Crippen molar-refractivity contribution >= 4 is 10.8 Å². The van der Waals surface area contributed by atoms with Gasteiger partial charge in [-0.2, -0.15) is 4.57 Å². The summed E-state index contributed by atoms with van der Waals surface area (Å²) in [5.74, 6) is 0.309. The molecule has 0 N–H and O–H groups in total. The van der Waals surface area contributed by atoms with E-state index in [0.717, 1.165) is 21.4 Å². The highest BCUT2D eigenvalue weighted by Crippen LogP contribution is 2.17. The number of rotatable bonds is 3. The summed E-state index contributed by atoms with van der Waals surface area (Å²) in [6, 6.07) is 24.4. The smallest absolute Gasteiger partial charge is 0.346 e. The maximum absolute atomic E-state index is 13.1. The van der Waals surface area contributed by atoms with E-state index >= 15 is 0 Å². The molecule has 0 radical (unpaired) electrons. The van der Waals surface area contributed by atoms with E-state index in [-0.39, 0.29) is 5.56 Å². The van der Waals surface area contributed by atoms with Gasteiger partial charge in [0.25, 0.3) is 5.82 Å². The topological polar surface area (TPSA) is 48.9 Å². The van der Waals surface area contributed by atoms with Crippen LogP contribution in [0.5, 0.6) is 0 Å². The Balaban J connectivity index is 2.01. The third-order valence-electron chi connectivity index (χ3n) is 4.26. The molecule has 4 aromatic rings. The molecule has 4 rings (SSSR count). The normalized spacial score (nSPS) is 10.9. The molecule has 0 saturated heterocycles. The lowest BCUT2D eigenvalue weighted by molar-refractivity contribution is -0.599. The first-order chi connectivity index (χ1) is 12.2. The Morgan fingerprint density at radius 3 is 2.40 bits per heavy atom. The Bertz CT molecular complexity index is 1100. The average Bonchev–Trinajstić information content (AvgIpc) is 2.64. The van der Waals surface area contributed by atoms with Crippen LogP contribution in [0.15, 0.2) is 89.9 Å². The quantitative estimate of drug-likeness (QED) is 0.428. The standard InChI is InChI=1S/C21H16N2O2/c24-21-19-11-5-4-10-17(19)15-18(14-16-8-2-1-3-9-16)23(21)20-12-6-7-13-22(20)25/h1-13,15H,14H2. The van der Waals surface area contributed by atoms with Gasteiger partial charge in [-0.25, -0.2) is 9.52 Å². The van der Waals surface area contributed by atoms with Crippen molar-refractivity contribution in [1.82, 2.24) is 4.57 Å². The average molecular weight is 328 g/mol. The van der Waals surface area contributed by atoms with Crippen LogP contribution in [0, 0.1) is 5.21 Å². The van der Waals surface area contributed by atoms with Gasteiger partial charge in [-0.1, -0.05) is 54.6 Å². The van der Waals surface area contributed by atoms with Crippen LogP contribution in [0.25, 0.3) is 16.6 Å². The summed E-state index contributed by atoms with van der Waals surface area (Å²) in [5.41, 5.74) is 1.69. The van der Waals surface area contributed by atoms with Gasteiger partial charge in [0.2, 0.25) is 0 Å². The fourth-order valence-corrected chi connectivity index (χ4v) is 3.09. The Hall–Kier alpha value is -3.40. The first-order valence-electron chi connectivity index (χ1n) is 8.10. The van der Waals surface area contributed by atoms with Crippen molar-refractivity contribution in [3.05, 3.63) is 112 Å². The third kappa shape index (κ3) is 2.78. The fraction of sp³-hybridized carbons (Fsp3) is 0.0476. The van der Waals surface area contributed by atoms with Crippen molar-refractivity contribution in [1.29, 1.82) is 0 Å². The summed E-state index contributed by atoms with van der Waals surface area (Å²) in [7, 11) is 0. The number of fused-ring (bicyclic) bond motifs is 1. The zero-order valence-electron chi connectivity index (χ0n) is 13.5. The van der Waals surface area contributed by atoms with Crippen molar-refractivity contribution in [3.63, 3.8) is 0 Å². The predicted octanol–water partition coefficient (Wildman–Crippen LogP) is 3.21. The molecule has 4 heteroatoms. The molecular formula is C21H16N2O2. The zero-order chi connectivity index (χ0) is 17.2. The SMILES string of the molecule is O=c1c2ccccc2cc(Cc2ccccc2)n1-c1cccc[n+]1[O-]. The van der Waals surface area contributed by atoms with Gasteiger partial charge < -0.3 is 5.21 Å². The lowest BCUT2D eigenvalue weighted by atomic mass is 10.1. The molecule has 0 saturated carbocycles. The molecular weight excluding hydrogens is 312 g/mol. The maximum Gasteiger partial charge on any atom is 0.346 e. The zero-order valence-corrected chi connectivity index (χ0v) is 13.5. The molecule has 0 fully saturated rings. The van der Waals surface area contributed by atoms with E-state index in [4.69, 9.17) is 0 Å². The molecule has 0 aliphatic carbocycles. The van der Waals surface area contributed by atoms with Crippen molar-refractivity contribution < 1.29 is 4.73 Å². The van der Waals surface area contributed by atoms with Gasteiger partial charge in [-0.15, -0.1) is 0 Å². The summed E-state index contributed by atoms with van der Waals surface area (Å²) < 4.78 is 2.24. The highest BCUT2D eigenvalue weighted by atomic mass is 16.5. The molecule has 0 atom stereocenters. The molecule has 0 spiro atoms. The van der Waals surface area contributed by atoms with Crippen LogP contribution >= 0.6 is 0 Å². The molecule has 122 valence electrons. The minimum atomic E-state index is -0.181. The molecule has 25 heavy (non-hydrogen) atoms. The van der Waals surface area contributed by atoms with Crippen LogP contribution in [0.1, 0.15) is 11.3 Å².